The zero-order valence-electron chi connectivity index (χ0n) is 9.25. The number of hydrogen-bond donors (Lipinski definition) is 1. The Bertz CT molecular complexity index is 193. The molecule has 0 aromatic heterocycles. The molecule has 1 rings (SSSR count). The number of hydrogen-bond acceptors (Lipinski definition) is 1. The molecule has 0 bridgehead atoms. The van der Waals surface area contributed by atoms with E-state index in [2.05, 4.69) is 27.4 Å². The maximum Gasteiger partial charge on any atom is 0.0583 e. The molecule has 1 aliphatic rings. The molecule has 0 aliphatic heterocycles. The first-order valence-electron chi connectivity index (χ1n) is 5.32. The first kappa shape index (κ1) is 10.8. The average molecular weight is 182 g/mol. The Labute approximate surface area is 81.9 Å². The highest BCUT2D eigenvalue weighted by Gasteiger charge is 2.45. The van der Waals surface area contributed by atoms with Crippen molar-refractivity contribution >= 4 is 0 Å². The summed E-state index contributed by atoms with van der Waals surface area (Å²) < 4.78 is 0. The molecular weight excluding hydrogens is 160 g/mol. The Kier molecular flexibility index (Phi) is 3.18. The van der Waals surface area contributed by atoms with Gasteiger partial charge in [0.25, 0.3) is 0 Å². The molecule has 0 radical (unpaired) electrons. The standard InChI is InChI=1S/C12H22O/c1-7(2)8(3)6-11-9(4)12(11)10(5)13/h7-8,10-13H,4,6H2,1-3,5H3. The first-order chi connectivity index (χ1) is 5.95. The minimum absolute atomic E-state index is 0.197. The van der Waals surface area contributed by atoms with Crippen LogP contribution in [0.1, 0.15) is 34.1 Å². The molecule has 13 heavy (non-hydrogen) atoms. The summed E-state index contributed by atoms with van der Waals surface area (Å²) in [5, 5.41) is 9.42. The molecule has 4 unspecified atom stereocenters. The molecule has 0 aromatic rings. The lowest BCUT2D eigenvalue weighted by Crippen LogP contribution is -2.09. The second-order valence-electron chi connectivity index (χ2n) is 4.90. The fourth-order valence-corrected chi connectivity index (χ4v) is 2.02. The second kappa shape index (κ2) is 3.83. The zero-order valence-corrected chi connectivity index (χ0v) is 9.25. The van der Waals surface area contributed by atoms with Crippen molar-refractivity contribution in [1.29, 1.82) is 0 Å². The van der Waals surface area contributed by atoms with Crippen LogP contribution < -0.4 is 0 Å². The Morgan fingerprint density at radius 2 is 1.85 bits per heavy atom. The van der Waals surface area contributed by atoms with Crippen molar-refractivity contribution in [3.8, 4) is 0 Å². The van der Waals surface area contributed by atoms with Gasteiger partial charge >= 0.3 is 0 Å². The highest BCUT2D eigenvalue weighted by Crippen LogP contribution is 2.50. The predicted molar refractivity (Wildman–Crippen MR) is 56.4 cm³/mol. The van der Waals surface area contributed by atoms with Crippen molar-refractivity contribution in [2.24, 2.45) is 23.7 Å². The number of aliphatic hydroxyl groups excluding tert-OH is 1. The molecule has 1 heteroatoms. The molecule has 1 saturated carbocycles. The van der Waals surface area contributed by atoms with Gasteiger partial charge in [-0.1, -0.05) is 32.9 Å². The third-order valence-electron chi connectivity index (χ3n) is 3.51. The number of aliphatic hydroxyl groups is 1. The van der Waals surface area contributed by atoms with Gasteiger partial charge in [-0.05, 0) is 31.1 Å². The zero-order chi connectivity index (χ0) is 10.2. The van der Waals surface area contributed by atoms with Crippen molar-refractivity contribution in [1.82, 2.24) is 0 Å². The van der Waals surface area contributed by atoms with E-state index in [0.29, 0.717) is 11.8 Å². The molecule has 1 N–H and O–H groups in total. The fraction of sp³-hybridized carbons (Fsp3) is 0.833. The lowest BCUT2D eigenvalue weighted by atomic mass is 9.91. The predicted octanol–water partition coefficient (Wildman–Crippen LogP) is 2.85. The maximum atomic E-state index is 9.42. The van der Waals surface area contributed by atoms with Gasteiger partial charge in [0, 0.05) is 5.92 Å². The summed E-state index contributed by atoms with van der Waals surface area (Å²) in [5.41, 5.74) is 1.27. The van der Waals surface area contributed by atoms with E-state index in [0.717, 1.165) is 11.8 Å². The van der Waals surface area contributed by atoms with Crippen LogP contribution in [-0.2, 0) is 0 Å². The summed E-state index contributed by atoms with van der Waals surface area (Å²) in [7, 11) is 0. The Hall–Kier alpha value is -0.300. The van der Waals surface area contributed by atoms with Gasteiger partial charge in [-0.25, -0.2) is 0 Å². The van der Waals surface area contributed by atoms with Gasteiger partial charge in [0.05, 0.1) is 6.10 Å². The first-order valence-corrected chi connectivity index (χ1v) is 5.32. The summed E-state index contributed by atoms with van der Waals surface area (Å²) in [6.45, 7) is 12.7. The van der Waals surface area contributed by atoms with E-state index in [-0.39, 0.29) is 6.10 Å². The highest BCUT2D eigenvalue weighted by atomic mass is 16.3. The molecule has 0 spiro atoms. The van der Waals surface area contributed by atoms with Crippen molar-refractivity contribution in [3.63, 3.8) is 0 Å². The van der Waals surface area contributed by atoms with Crippen molar-refractivity contribution in [3.05, 3.63) is 12.2 Å². The minimum Gasteiger partial charge on any atom is -0.393 e. The summed E-state index contributed by atoms with van der Waals surface area (Å²) in [6.07, 6.45) is 1.00. The van der Waals surface area contributed by atoms with E-state index in [9.17, 15) is 5.11 Å². The van der Waals surface area contributed by atoms with Crippen LogP contribution in [0.3, 0.4) is 0 Å². The Morgan fingerprint density at radius 3 is 2.15 bits per heavy atom. The van der Waals surface area contributed by atoms with Crippen LogP contribution >= 0.6 is 0 Å². The highest BCUT2D eigenvalue weighted by molar-refractivity contribution is 5.27. The van der Waals surface area contributed by atoms with Gasteiger partial charge in [0.2, 0.25) is 0 Å². The van der Waals surface area contributed by atoms with Crippen molar-refractivity contribution < 1.29 is 5.11 Å². The second-order valence-corrected chi connectivity index (χ2v) is 4.90. The molecule has 1 nitrogen and oxygen atoms in total. The normalized spacial score (nSPS) is 32.0. The Morgan fingerprint density at radius 1 is 1.31 bits per heavy atom. The van der Waals surface area contributed by atoms with E-state index in [1.807, 2.05) is 6.92 Å². The topological polar surface area (TPSA) is 20.2 Å². The van der Waals surface area contributed by atoms with Gasteiger partial charge in [-0.2, -0.15) is 0 Å². The smallest absolute Gasteiger partial charge is 0.0583 e. The molecule has 0 amide bonds. The maximum absolute atomic E-state index is 9.42. The molecule has 0 saturated heterocycles. The molecule has 0 aromatic carbocycles. The summed E-state index contributed by atoms with van der Waals surface area (Å²) in [4.78, 5) is 0. The van der Waals surface area contributed by atoms with E-state index in [1.54, 1.807) is 0 Å². The summed E-state index contributed by atoms with van der Waals surface area (Å²) >= 11 is 0. The Balaban J connectivity index is 2.37. The van der Waals surface area contributed by atoms with Crippen LogP contribution in [0, 0.1) is 23.7 Å². The fourth-order valence-electron chi connectivity index (χ4n) is 2.02. The van der Waals surface area contributed by atoms with Gasteiger partial charge in [-0.15, -0.1) is 0 Å². The van der Waals surface area contributed by atoms with E-state index in [4.69, 9.17) is 0 Å². The summed E-state index contributed by atoms with van der Waals surface area (Å²) in [6, 6.07) is 0. The van der Waals surface area contributed by atoms with Crippen LogP contribution in [-0.4, -0.2) is 11.2 Å². The van der Waals surface area contributed by atoms with Crippen LogP contribution in [0.15, 0.2) is 12.2 Å². The van der Waals surface area contributed by atoms with Crippen LogP contribution in [0.2, 0.25) is 0 Å². The lowest BCUT2D eigenvalue weighted by Gasteiger charge is -2.14. The molecular formula is C12H22O. The van der Waals surface area contributed by atoms with Crippen molar-refractivity contribution in [2.45, 2.75) is 40.2 Å². The SMILES string of the molecule is C=C1C(CC(C)C(C)C)C1C(C)O. The molecule has 76 valence electrons. The molecule has 1 aliphatic carbocycles. The largest absolute Gasteiger partial charge is 0.393 e. The number of rotatable bonds is 4. The van der Waals surface area contributed by atoms with E-state index >= 15 is 0 Å². The summed E-state index contributed by atoms with van der Waals surface area (Å²) in [5.74, 6) is 2.46. The van der Waals surface area contributed by atoms with Crippen LogP contribution in [0.5, 0.6) is 0 Å². The van der Waals surface area contributed by atoms with E-state index < -0.39 is 0 Å². The average Bonchev–Trinajstić information content (AvgIpc) is 2.61. The van der Waals surface area contributed by atoms with Crippen LogP contribution in [0.25, 0.3) is 0 Å². The van der Waals surface area contributed by atoms with Crippen LogP contribution in [0.4, 0.5) is 0 Å². The third kappa shape index (κ3) is 2.34. The van der Waals surface area contributed by atoms with Gasteiger partial charge in [0.1, 0.15) is 0 Å². The third-order valence-corrected chi connectivity index (χ3v) is 3.51. The van der Waals surface area contributed by atoms with Gasteiger partial charge in [-0.3, -0.25) is 0 Å². The molecule has 0 heterocycles. The monoisotopic (exact) mass is 182 g/mol. The lowest BCUT2D eigenvalue weighted by molar-refractivity contribution is 0.163. The quantitative estimate of drug-likeness (QED) is 0.663. The minimum atomic E-state index is -0.197. The molecule has 4 atom stereocenters. The van der Waals surface area contributed by atoms with Gasteiger partial charge in [0.15, 0.2) is 0 Å². The van der Waals surface area contributed by atoms with E-state index in [1.165, 1.54) is 12.0 Å². The van der Waals surface area contributed by atoms with Gasteiger partial charge < -0.3 is 5.11 Å². The molecule has 1 fully saturated rings. The van der Waals surface area contributed by atoms with Crippen molar-refractivity contribution in [2.75, 3.05) is 0 Å².